The number of aliphatic hydroxyl groups excluding tert-OH is 1. The van der Waals surface area contributed by atoms with E-state index < -0.39 is 6.10 Å². The second-order valence-electron chi connectivity index (χ2n) is 15.5. The third kappa shape index (κ3) is 48.6. The number of esters is 2. The summed E-state index contributed by atoms with van der Waals surface area (Å²) in [6.45, 7) is 3.95. The molecule has 0 amide bonds. The van der Waals surface area contributed by atoms with Gasteiger partial charge in [-0.25, -0.2) is 0 Å². The molecule has 1 N–H and O–H groups in total. The lowest BCUT2D eigenvalue weighted by Gasteiger charge is -2.15. The highest BCUT2D eigenvalue weighted by molar-refractivity contribution is 5.70. The van der Waals surface area contributed by atoms with Crippen molar-refractivity contribution in [2.24, 2.45) is 0 Å². The largest absolute Gasteiger partial charge is 0.462 e. The Kier molecular flexibility index (Phi) is 47.1. The molecule has 61 heavy (non-hydrogen) atoms. The molecular formula is C56H88O5. The summed E-state index contributed by atoms with van der Waals surface area (Å²) in [5.74, 6) is -0.628. The number of unbranched alkanes of at least 4 members (excludes halogenated alkanes) is 12. The van der Waals surface area contributed by atoms with Gasteiger partial charge in [0.25, 0.3) is 0 Å². The van der Waals surface area contributed by atoms with Crippen LogP contribution in [0.15, 0.2) is 134 Å². The summed E-state index contributed by atoms with van der Waals surface area (Å²) in [6, 6.07) is 0. The molecule has 5 heteroatoms. The summed E-state index contributed by atoms with van der Waals surface area (Å²) in [7, 11) is 0. The van der Waals surface area contributed by atoms with Gasteiger partial charge in [-0.1, -0.05) is 212 Å². The van der Waals surface area contributed by atoms with Crippen LogP contribution in [0.4, 0.5) is 0 Å². The molecule has 0 fully saturated rings. The standard InChI is InChI=1S/C56H88O5/c1-3-5-7-9-11-13-14-15-16-17-18-19-20-21-22-23-24-25-26-27-28-29-30-31-32-33-34-35-36-37-38-39-40-41-42-43-45-47-49-51-56(59)61-54(52-57)53-60-55(58)50-48-46-44-12-10-8-6-4-2/h5,7,11,13,15-16,18-19,21-22,24-25,27-28,30-31,33-34,36-37,39-40,54,57H,3-4,6,8-10,12,14,17,20,23,26,29,32,35,38,41-53H2,1-2H3/b7-5-,13-11-,16-15-,19-18-,22-21-,25-24-,28-27-,31-30-,34-33-,37-36-,40-39-. The molecule has 0 aliphatic rings. The fourth-order valence-corrected chi connectivity index (χ4v) is 6.09. The summed E-state index contributed by atoms with van der Waals surface area (Å²) in [5, 5.41) is 9.54. The van der Waals surface area contributed by atoms with E-state index in [2.05, 4.69) is 148 Å². The number of ether oxygens (including phenoxy) is 2. The molecule has 1 unspecified atom stereocenters. The van der Waals surface area contributed by atoms with E-state index in [1.807, 2.05) is 0 Å². The molecule has 1 atom stereocenters. The summed E-state index contributed by atoms with van der Waals surface area (Å²) in [4.78, 5) is 24.2. The Morgan fingerprint density at radius 3 is 1.07 bits per heavy atom. The van der Waals surface area contributed by atoms with E-state index in [0.29, 0.717) is 12.8 Å². The van der Waals surface area contributed by atoms with Crippen LogP contribution in [0.3, 0.4) is 0 Å². The lowest BCUT2D eigenvalue weighted by Crippen LogP contribution is -2.28. The highest BCUT2D eigenvalue weighted by Gasteiger charge is 2.16. The van der Waals surface area contributed by atoms with Crippen molar-refractivity contribution in [3.8, 4) is 0 Å². The van der Waals surface area contributed by atoms with Crippen molar-refractivity contribution in [1.82, 2.24) is 0 Å². The van der Waals surface area contributed by atoms with Crippen LogP contribution in [-0.4, -0.2) is 36.4 Å². The molecule has 0 rings (SSSR count). The fraction of sp³-hybridized carbons (Fsp3) is 0.571. The summed E-state index contributed by atoms with van der Waals surface area (Å²) in [5.41, 5.74) is 0. The topological polar surface area (TPSA) is 72.8 Å². The summed E-state index contributed by atoms with van der Waals surface area (Å²) in [6.07, 6.45) is 75.6. The molecular weight excluding hydrogens is 753 g/mol. The number of aliphatic hydroxyl groups is 1. The van der Waals surface area contributed by atoms with E-state index in [1.165, 1.54) is 32.1 Å². The van der Waals surface area contributed by atoms with Crippen LogP contribution in [0, 0.1) is 0 Å². The molecule has 0 heterocycles. The first-order valence-electron chi connectivity index (χ1n) is 24.2. The number of hydrogen-bond donors (Lipinski definition) is 1. The Morgan fingerprint density at radius 1 is 0.393 bits per heavy atom. The Balaban J connectivity index is 3.67. The maximum atomic E-state index is 12.2. The molecule has 0 aromatic carbocycles. The molecule has 342 valence electrons. The third-order valence-corrected chi connectivity index (χ3v) is 9.71. The van der Waals surface area contributed by atoms with Crippen LogP contribution < -0.4 is 0 Å². The van der Waals surface area contributed by atoms with Crippen molar-refractivity contribution in [3.63, 3.8) is 0 Å². The monoisotopic (exact) mass is 841 g/mol. The van der Waals surface area contributed by atoms with Crippen LogP contribution in [0.5, 0.6) is 0 Å². The van der Waals surface area contributed by atoms with Crippen LogP contribution in [0.2, 0.25) is 0 Å². The second kappa shape index (κ2) is 50.4. The van der Waals surface area contributed by atoms with E-state index in [4.69, 9.17) is 9.47 Å². The first kappa shape index (κ1) is 57.0. The van der Waals surface area contributed by atoms with Crippen molar-refractivity contribution >= 4 is 11.9 Å². The van der Waals surface area contributed by atoms with Crippen molar-refractivity contribution < 1.29 is 24.2 Å². The summed E-state index contributed by atoms with van der Waals surface area (Å²) >= 11 is 0. The smallest absolute Gasteiger partial charge is 0.306 e. The molecule has 0 radical (unpaired) electrons. The molecule has 0 saturated heterocycles. The Labute approximate surface area is 375 Å². The maximum absolute atomic E-state index is 12.2. The minimum Gasteiger partial charge on any atom is -0.462 e. The number of hydrogen-bond acceptors (Lipinski definition) is 5. The van der Waals surface area contributed by atoms with Gasteiger partial charge in [0.1, 0.15) is 6.61 Å². The number of carbonyl (C=O) groups is 2. The Morgan fingerprint density at radius 2 is 0.705 bits per heavy atom. The zero-order valence-electron chi connectivity index (χ0n) is 38.9. The molecule has 0 aromatic heterocycles. The normalized spacial score (nSPS) is 13.4. The second-order valence-corrected chi connectivity index (χ2v) is 15.5. The SMILES string of the molecule is CC/C=C\C/C=C\C/C=C\C/C=C\C/C=C\C/C=C\C/C=C\C/C=C\C/C=C\C/C=C\C/C=C\CCCCCCCC(=O)OC(CO)COC(=O)CCCCCCCCCC. The minimum absolute atomic E-state index is 0.0803. The van der Waals surface area contributed by atoms with E-state index in [0.717, 1.165) is 128 Å². The van der Waals surface area contributed by atoms with Crippen LogP contribution >= 0.6 is 0 Å². The van der Waals surface area contributed by atoms with Crippen LogP contribution in [0.1, 0.15) is 187 Å². The lowest BCUT2D eigenvalue weighted by molar-refractivity contribution is -0.161. The molecule has 0 aliphatic carbocycles. The number of allylic oxidation sites excluding steroid dienone is 22. The van der Waals surface area contributed by atoms with Gasteiger partial charge in [0.05, 0.1) is 6.61 Å². The van der Waals surface area contributed by atoms with Crippen molar-refractivity contribution in [2.45, 2.75) is 193 Å². The predicted octanol–water partition coefficient (Wildman–Crippen LogP) is 16.1. The van der Waals surface area contributed by atoms with Gasteiger partial charge in [-0.15, -0.1) is 0 Å². The Hall–Kier alpha value is -3.96. The van der Waals surface area contributed by atoms with Crippen molar-refractivity contribution in [2.75, 3.05) is 13.2 Å². The molecule has 5 nitrogen and oxygen atoms in total. The van der Waals surface area contributed by atoms with Gasteiger partial charge in [0, 0.05) is 12.8 Å². The minimum atomic E-state index is -0.787. The zero-order valence-corrected chi connectivity index (χ0v) is 38.9. The Bertz CT molecular complexity index is 1320. The van der Waals surface area contributed by atoms with Gasteiger partial charge in [-0.2, -0.15) is 0 Å². The molecule has 0 saturated carbocycles. The predicted molar refractivity (Wildman–Crippen MR) is 264 cm³/mol. The number of carbonyl (C=O) groups excluding carboxylic acids is 2. The van der Waals surface area contributed by atoms with Gasteiger partial charge in [0.15, 0.2) is 6.10 Å². The van der Waals surface area contributed by atoms with E-state index >= 15 is 0 Å². The first-order valence-corrected chi connectivity index (χ1v) is 24.2. The van der Waals surface area contributed by atoms with E-state index in [1.54, 1.807) is 0 Å². The molecule has 0 spiro atoms. The molecule has 0 aliphatic heterocycles. The van der Waals surface area contributed by atoms with E-state index in [-0.39, 0.29) is 25.2 Å². The number of rotatable bonds is 42. The maximum Gasteiger partial charge on any atom is 0.306 e. The lowest BCUT2D eigenvalue weighted by atomic mass is 10.1. The van der Waals surface area contributed by atoms with Crippen molar-refractivity contribution in [3.05, 3.63) is 134 Å². The highest BCUT2D eigenvalue weighted by atomic mass is 16.6. The van der Waals surface area contributed by atoms with Crippen LogP contribution in [-0.2, 0) is 19.1 Å². The highest BCUT2D eigenvalue weighted by Crippen LogP contribution is 2.12. The van der Waals surface area contributed by atoms with E-state index in [9.17, 15) is 14.7 Å². The average molecular weight is 841 g/mol. The van der Waals surface area contributed by atoms with Crippen LogP contribution in [0.25, 0.3) is 0 Å². The van der Waals surface area contributed by atoms with Gasteiger partial charge >= 0.3 is 11.9 Å². The molecule has 0 aromatic rings. The van der Waals surface area contributed by atoms with Gasteiger partial charge in [0.2, 0.25) is 0 Å². The van der Waals surface area contributed by atoms with Gasteiger partial charge in [-0.05, 0) is 96.3 Å². The van der Waals surface area contributed by atoms with Crippen molar-refractivity contribution in [1.29, 1.82) is 0 Å². The third-order valence-electron chi connectivity index (χ3n) is 9.71. The quantitative estimate of drug-likeness (QED) is 0.0376. The molecule has 0 bridgehead atoms. The zero-order chi connectivity index (χ0) is 44.2. The van der Waals surface area contributed by atoms with Gasteiger partial charge < -0.3 is 14.6 Å². The summed E-state index contributed by atoms with van der Waals surface area (Å²) < 4.78 is 10.6. The average Bonchev–Trinajstić information content (AvgIpc) is 3.26. The first-order chi connectivity index (χ1) is 30.1. The van der Waals surface area contributed by atoms with Gasteiger partial charge in [-0.3, -0.25) is 9.59 Å². The fourth-order valence-electron chi connectivity index (χ4n) is 6.09.